The molecule has 3 rings (SSSR count). The fourth-order valence-corrected chi connectivity index (χ4v) is 3.51. The molecular weight excluding hydrogens is 370 g/mol. The molecule has 0 unspecified atom stereocenters. The quantitative estimate of drug-likeness (QED) is 0.438. The van der Waals surface area contributed by atoms with Gasteiger partial charge in [0.1, 0.15) is 5.75 Å². The first kappa shape index (κ1) is 18.5. The summed E-state index contributed by atoms with van der Waals surface area (Å²) < 4.78 is 7.11. The smallest absolute Gasteiger partial charge is 0.191 e. The number of nitrogens with zero attached hydrogens (tertiary/aromatic N) is 3. The van der Waals surface area contributed by atoms with E-state index in [-0.39, 0.29) is 5.78 Å². The normalized spacial score (nSPS) is 10.7. The van der Waals surface area contributed by atoms with Crippen LogP contribution in [0.2, 0.25) is 5.02 Å². The molecule has 0 radical (unpaired) electrons. The number of thioether (sulfide) groups is 1. The number of rotatable bonds is 7. The van der Waals surface area contributed by atoms with E-state index in [1.807, 2.05) is 35.8 Å². The lowest BCUT2D eigenvalue weighted by molar-refractivity contribution is 0.102. The van der Waals surface area contributed by atoms with Crippen molar-refractivity contribution in [2.75, 3.05) is 12.9 Å². The molecule has 0 fully saturated rings. The lowest BCUT2D eigenvalue weighted by Crippen LogP contribution is -2.05. The average Bonchev–Trinajstić information content (AvgIpc) is 3.09. The Balaban J connectivity index is 1.73. The van der Waals surface area contributed by atoms with E-state index in [0.29, 0.717) is 22.9 Å². The molecule has 7 heteroatoms. The highest BCUT2D eigenvalue weighted by molar-refractivity contribution is 7.99. The number of carbonyl (C=O) groups excluding carboxylic acids is 1. The first-order valence-electron chi connectivity index (χ1n) is 8.11. The Morgan fingerprint density at radius 1 is 1.12 bits per heavy atom. The number of aromatic nitrogens is 3. The second-order valence-electron chi connectivity index (χ2n) is 5.50. The van der Waals surface area contributed by atoms with E-state index in [2.05, 4.69) is 10.2 Å². The second kappa shape index (κ2) is 8.38. The standard InChI is InChI=1S/C19H18ClN3O2S/c1-3-23-18(14-4-8-15(20)9-5-14)21-22-19(23)26-12-17(24)13-6-10-16(25-2)11-7-13/h4-11H,3,12H2,1-2H3. The molecule has 134 valence electrons. The third kappa shape index (κ3) is 4.08. The Bertz CT molecular complexity index is 892. The maximum Gasteiger partial charge on any atom is 0.191 e. The summed E-state index contributed by atoms with van der Waals surface area (Å²) in [5.41, 5.74) is 1.59. The monoisotopic (exact) mass is 387 g/mol. The van der Waals surface area contributed by atoms with E-state index in [1.165, 1.54) is 11.8 Å². The van der Waals surface area contributed by atoms with Gasteiger partial charge in [0.05, 0.1) is 12.9 Å². The van der Waals surface area contributed by atoms with Crippen molar-refractivity contribution in [1.82, 2.24) is 14.8 Å². The second-order valence-corrected chi connectivity index (χ2v) is 6.88. The molecule has 0 N–H and O–H groups in total. The van der Waals surface area contributed by atoms with Crippen LogP contribution in [0.25, 0.3) is 11.4 Å². The first-order valence-corrected chi connectivity index (χ1v) is 9.48. The van der Waals surface area contributed by atoms with Gasteiger partial charge >= 0.3 is 0 Å². The summed E-state index contributed by atoms with van der Waals surface area (Å²) in [7, 11) is 1.60. The van der Waals surface area contributed by atoms with E-state index in [9.17, 15) is 4.79 Å². The minimum Gasteiger partial charge on any atom is -0.497 e. The van der Waals surface area contributed by atoms with Gasteiger partial charge in [-0.05, 0) is 55.5 Å². The largest absolute Gasteiger partial charge is 0.497 e. The average molecular weight is 388 g/mol. The van der Waals surface area contributed by atoms with Crippen molar-refractivity contribution >= 4 is 29.1 Å². The molecular formula is C19H18ClN3O2S. The van der Waals surface area contributed by atoms with Gasteiger partial charge in [0.15, 0.2) is 16.8 Å². The molecule has 0 amide bonds. The Hall–Kier alpha value is -2.31. The fourth-order valence-electron chi connectivity index (χ4n) is 2.48. The molecule has 2 aromatic carbocycles. The van der Waals surface area contributed by atoms with Gasteiger partial charge < -0.3 is 9.30 Å². The predicted molar refractivity (Wildman–Crippen MR) is 104 cm³/mol. The zero-order chi connectivity index (χ0) is 18.5. The number of methoxy groups -OCH3 is 1. The van der Waals surface area contributed by atoms with E-state index in [1.54, 1.807) is 31.4 Å². The summed E-state index contributed by atoms with van der Waals surface area (Å²) >= 11 is 7.33. The molecule has 0 bridgehead atoms. The van der Waals surface area contributed by atoms with E-state index in [4.69, 9.17) is 16.3 Å². The minimum atomic E-state index is 0.0383. The van der Waals surface area contributed by atoms with E-state index >= 15 is 0 Å². The van der Waals surface area contributed by atoms with Crippen molar-refractivity contribution < 1.29 is 9.53 Å². The summed E-state index contributed by atoms with van der Waals surface area (Å²) in [4.78, 5) is 12.4. The van der Waals surface area contributed by atoms with Crippen molar-refractivity contribution in [3.63, 3.8) is 0 Å². The van der Waals surface area contributed by atoms with Crippen LogP contribution < -0.4 is 4.74 Å². The van der Waals surface area contributed by atoms with Gasteiger partial charge in [-0.3, -0.25) is 4.79 Å². The van der Waals surface area contributed by atoms with Gasteiger partial charge in [-0.2, -0.15) is 0 Å². The summed E-state index contributed by atoms with van der Waals surface area (Å²) in [6.45, 7) is 2.74. The first-order chi connectivity index (χ1) is 12.6. The molecule has 0 aliphatic rings. The third-order valence-corrected chi connectivity index (χ3v) is 5.10. The van der Waals surface area contributed by atoms with Crippen LogP contribution in [0.5, 0.6) is 5.75 Å². The van der Waals surface area contributed by atoms with Crippen LogP contribution in [0.15, 0.2) is 53.7 Å². The third-order valence-electron chi connectivity index (χ3n) is 3.88. The van der Waals surface area contributed by atoms with Crippen LogP contribution in [0.3, 0.4) is 0 Å². The van der Waals surface area contributed by atoms with Gasteiger partial charge in [-0.25, -0.2) is 0 Å². The Labute approximate surface area is 161 Å². The van der Waals surface area contributed by atoms with Crippen LogP contribution in [0.4, 0.5) is 0 Å². The molecule has 1 heterocycles. The van der Waals surface area contributed by atoms with Crippen LogP contribution in [-0.2, 0) is 6.54 Å². The highest BCUT2D eigenvalue weighted by atomic mass is 35.5. The number of hydrogen-bond donors (Lipinski definition) is 0. The zero-order valence-electron chi connectivity index (χ0n) is 14.5. The van der Waals surface area contributed by atoms with Crippen LogP contribution >= 0.6 is 23.4 Å². The van der Waals surface area contributed by atoms with Crippen molar-refractivity contribution in [3.8, 4) is 17.1 Å². The number of Topliss-reactive ketones (excluding diaryl/α,β-unsaturated/α-hetero) is 1. The van der Waals surface area contributed by atoms with Crippen LogP contribution in [0, 0.1) is 0 Å². The van der Waals surface area contributed by atoms with Crippen molar-refractivity contribution in [1.29, 1.82) is 0 Å². The Morgan fingerprint density at radius 2 is 1.81 bits per heavy atom. The number of ether oxygens (including phenoxy) is 1. The molecule has 0 atom stereocenters. The topological polar surface area (TPSA) is 57.0 Å². The van der Waals surface area contributed by atoms with Crippen LogP contribution in [0.1, 0.15) is 17.3 Å². The molecule has 0 aliphatic carbocycles. The summed E-state index contributed by atoms with van der Waals surface area (Å²) in [6, 6.07) is 14.6. The highest BCUT2D eigenvalue weighted by Crippen LogP contribution is 2.25. The number of halogens is 1. The van der Waals surface area contributed by atoms with Gasteiger partial charge in [-0.15, -0.1) is 10.2 Å². The molecule has 0 spiro atoms. The van der Waals surface area contributed by atoms with E-state index < -0.39 is 0 Å². The molecule has 1 aromatic heterocycles. The Kier molecular flexibility index (Phi) is 5.96. The summed E-state index contributed by atoms with van der Waals surface area (Å²) in [5.74, 6) is 1.83. The van der Waals surface area contributed by atoms with Gasteiger partial charge in [-0.1, -0.05) is 23.4 Å². The Morgan fingerprint density at radius 3 is 2.42 bits per heavy atom. The van der Waals surface area contributed by atoms with Crippen molar-refractivity contribution in [2.45, 2.75) is 18.6 Å². The SMILES string of the molecule is CCn1c(SCC(=O)c2ccc(OC)cc2)nnc1-c1ccc(Cl)cc1. The molecule has 0 aliphatic heterocycles. The van der Waals surface area contributed by atoms with Crippen LogP contribution in [-0.4, -0.2) is 33.4 Å². The number of carbonyl (C=O) groups is 1. The minimum absolute atomic E-state index is 0.0383. The van der Waals surface area contributed by atoms with E-state index in [0.717, 1.165) is 22.3 Å². The maximum atomic E-state index is 12.4. The predicted octanol–water partition coefficient (Wildman–Crippen LogP) is 4.60. The lowest BCUT2D eigenvalue weighted by atomic mass is 10.1. The van der Waals surface area contributed by atoms with Gasteiger partial charge in [0.2, 0.25) is 0 Å². The highest BCUT2D eigenvalue weighted by Gasteiger charge is 2.15. The lowest BCUT2D eigenvalue weighted by Gasteiger charge is -2.07. The molecule has 26 heavy (non-hydrogen) atoms. The van der Waals surface area contributed by atoms with Crippen molar-refractivity contribution in [2.24, 2.45) is 0 Å². The van der Waals surface area contributed by atoms with Crippen molar-refractivity contribution in [3.05, 3.63) is 59.1 Å². The zero-order valence-corrected chi connectivity index (χ0v) is 16.0. The van der Waals surface area contributed by atoms with Gasteiger partial charge in [0.25, 0.3) is 0 Å². The summed E-state index contributed by atoms with van der Waals surface area (Å²) in [5, 5.41) is 9.93. The molecule has 0 saturated heterocycles. The molecule has 3 aromatic rings. The molecule has 5 nitrogen and oxygen atoms in total. The maximum absolute atomic E-state index is 12.4. The van der Waals surface area contributed by atoms with Gasteiger partial charge in [0, 0.05) is 22.7 Å². The number of benzene rings is 2. The number of hydrogen-bond acceptors (Lipinski definition) is 5. The summed E-state index contributed by atoms with van der Waals surface area (Å²) in [6.07, 6.45) is 0. The number of ketones is 1. The molecule has 0 saturated carbocycles. The fraction of sp³-hybridized carbons (Fsp3) is 0.211.